The fourth-order valence-electron chi connectivity index (χ4n) is 4.54. The molecule has 0 saturated heterocycles. The van der Waals surface area contributed by atoms with Crippen LogP contribution in [0.5, 0.6) is 11.5 Å². The first-order chi connectivity index (χ1) is 17.8. The maximum Gasteiger partial charge on any atom is 0.291 e. The molecule has 1 atom stereocenters. The van der Waals surface area contributed by atoms with E-state index in [4.69, 9.17) is 25.5 Å². The van der Waals surface area contributed by atoms with E-state index in [9.17, 15) is 14.0 Å². The summed E-state index contributed by atoms with van der Waals surface area (Å²) in [7, 11) is 1.53. The zero-order valence-electron chi connectivity index (χ0n) is 20.6. The van der Waals surface area contributed by atoms with Gasteiger partial charge in [-0.3, -0.25) is 9.59 Å². The minimum absolute atomic E-state index is 0.0692. The summed E-state index contributed by atoms with van der Waals surface area (Å²) in [6, 6.07) is 15.4. The molecule has 5 rings (SSSR count). The lowest BCUT2D eigenvalue weighted by Gasteiger charge is -2.26. The van der Waals surface area contributed by atoms with Crippen molar-refractivity contribution in [3.05, 3.63) is 104 Å². The quantitative estimate of drug-likeness (QED) is 0.282. The largest absolute Gasteiger partial charge is 0.493 e. The molecule has 1 amide bonds. The SMILES string of the molecule is COc1cc(C2c3c(oc4ccc(F)cc4c3=O)C(=O)N2Cc2ccccc2Cl)ccc1OCC(C)C. The topological polar surface area (TPSA) is 69.0 Å². The molecule has 1 aliphatic heterocycles. The van der Waals surface area contributed by atoms with Crippen LogP contribution in [0.1, 0.15) is 47.1 Å². The van der Waals surface area contributed by atoms with Crippen molar-refractivity contribution in [3.63, 3.8) is 0 Å². The molecule has 37 heavy (non-hydrogen) atoms. The fraction of sp³-hybridized carbons (Fsp3) is 0.241. The highest BCUT2D eigenvalue weighted by molar-refractivity contribution is 6.31. The van der Waals surface area contributed by atoms with Crippen LogP contribution in [0.15, 0.2) is 69.9 Å². The molecule has 0 spiro atoms. The summed E-state index contributed by atoms with van der Waals surface area (Å²) in [5.41, 5.74) is 1.16. The van der Waals surface area contributed by atoms with Gasteiger partial charge in [-0.1, -0.05) is 49.7 Å². The Kier molecular flexibility index (Phi) is 6.65. The van der Waals surface area contributed by atoms with Gasteiger partial charge in [0.2, 0.25) is 5.76 Å². The van der Waals surface area contributed by atoms with E-state index in [-0.39, 0.29) is 28.8 Å². The molecule has 0 fully saturated rings. The molecule has 1 aromatic heterocycles. The van der Waals surface area contributed by atoms with Gasteiger partial charge in [0.05, 0.1) is 30.7 Å². The highest BCUT2D eigenvalue weighted by Gasteiger charge is 2.43. The van der Waals surface area contributed by atoms with E-state index in [1.165, 1.54) is 24.1 Å². The van der Waals surface area contributed by atoms with Crippen molar-refractivity contribution in [1.82, 2.24) is 4.90 Å². The molecule has 6 nitrogen and oxygen atoms in total. The number of carbonyl (C=O) groups excluding carboxylic acids is 1. The molecular weight excluding hydrogens is 497 g/mol. The average molecular weight is 522 g/mol. The lowest BCUT2D eigenvalue weighted by molar-refractivity contribution is 0.0714. The molecule has 2 heterocycles. The van der Waals surface area contributed by atoms with Crippen LogP contribution in [-0.4, -0.2) is 24.5 Å². The van der Waals surface area contributed by atoms with Crippen LogP contribution in [-0.2, 0) is 6.54 Å². The number of hydrogen-bond acceptors (Lipinski definition) is 5. The van der Waals surface area contributed by atoms with E-state index in [1.54, 1.807) is 30.3 Å². The minimum Gasteiger partial charge on any atom is -0.493 e. The normalized spacial score (nSPS) is 14.9. The van der Waals surface area contributed by atoms with Crippen molar-refractivity contribution in [1.29, 1.82) is 0 Å². The van der Waals surface area contributed by atoms with Gasteiger partial charge in [0.15, 0.2) is 16.9 Å². The van der Waals surface area contributed by atoms with Crippen LogP contribution in [0, 0.1) is 11.7 Å². The second kappa shape index (κ2) is 9.90. The Morgan fingerprint density at radius 2 is 1.84 bits per heavy atom. The lowest BCUT2D eigenvalue weighted by Crippen LogP contribution is -2.29. The summed E-state index contributed by atoms with van der Waals surface area (Å²) in [5.74, 6) is 0.236. The van der Waals surface area contributed by atoms with Crippen LogP contribution in [0.3, 0.4) is 0 Å². The number of halogens is 2. The molecule has 3 aromatic carbocycles. The maximum absolute atomic E-state index is 14.0. The van der Waals surface area contributed by atoms with Gasteiger partial charge in [0.25, 0.3) is 5.91 Å². The average Bonchev–Trinajstić information content (AvgIpc) is 3.16. The third kappa shape index (κ3) is 4.55. The Bertz CT molecular complexity index is 1560. The van der Waals surface area contributed by atoms with Crippen molar-refractivity contribution in [2.24, 2.45) is 5.92 Å². The highest BCUT2D eigenvalue weighted by atomic mass is 35.5. The predicted molar refractivity (Wildman–Crippen MR) is 139 cm³/mol. The molecule has 0 radical (unpaired) electrons. The van der Waals surface area contributed by atoms with Gasteiger partial charge >= 0.3 is 0 Å². The summed E-state index contributed by atoms with van der Waals surface area (Å²) >= 11 is 6.42. The molecule has 1 aliphatic rings. The van der Waals surface area contributed by atoms with Crippen LogP contribution < -0.4 is 14.9 Å². The third-order valence-electron chi connectivity index (χ3n) is 6.30. The van der Waals surface area contributed by atoms with Crippen molar-refractivity contribution in [3.8, 4) is 11.5 Å². The number of carbonyl (C=O) groups is 1. The van der Waals surface area contributed by atoms with Crippen LogP contribution >= 0.6 is 11.6 Å². The first-order valence-corrected chi connectivity index (χ1v) is 12.3. The Balaban J connectivity index is 1.69. The number of benzene rings is 3. The van der Waals surface area contributed by atoms with Crippen molar-refractivity contribution in [2.75, 3.05) is 13.7 Å². The number of nitrogens with zero attached hydrogens (tertiary/aromatic N) is 1. The molecule has 8 heteroatoms. The Morgan fingerprint density at radius 3 is 2.57 bits per heavy atom. The summed E-state index contributed by atoms with van der Waals surface area (Å²) in [6.45, 7) is 4.72. The number of rotatable bonds is 7. The van der Waals surface area contributed by atoms with E-state index in [0.29, 0.717) is 40.2 Å². The molecule has 0 saturated carbocycles. The van der Waals surface area contributed by atoms with Gasteiger partial charge in [0, 0.05) is 11.6 Å². The lowest BCUT2D eigenvalue weighted by atomic mass is 9.97. The van der Waals surface area contributed by atoms with E-state index in [0.717, 1.165) is 6.07 Å². The molecule has 0 aliphatic carbocycles. The van der Waals surface area contributed by atoms with Crippen molar-refractivity contribution < 1.29 is 23.1 Å². The van der Waals surface area contributed by atoms with Gasteiger partial charge in [0.1, 0.15) is 11.4 Å². The van der Waals surface area contributed by atoms with Gasteiger partial charge in [-0.15, -0.1) is 0 Å². The van der Waals surface area contributed by atoms with E-state index in [2.05, 4.69) is 0 Å². The number of ether oxygens (including phenoxy) is 2. The fourth-order valence-corrected chi connectivity index (χ4v) is 4.74. The zero-order valence-corrected chi connectivity index (χ0v) is 21.3. The molecular formula is C29H25ClFNO5. The predicted octanol–water partition coefficient (Wildman–Crippen LogP) is 6.37. The standard InChI is InChI=1S/C29H25ClFNO5/c1-16(2)15-36-23-10-8-17(12-24(23)35-3)26-25-27(33)20-13-19(31)9-11-22(20)37-28(25)29(34)32(26)14-18-6-4-5-7-21(18)30/h4-13,16,26H,14-15H2,1-3H3. The third-order valence-corrected chi connectivity index (χ3v) is 6.67. The van der Waals surface area contributed by atoms with Gasteiger partial charge < -0.3 is 18.8 Å². The van der Waals surface area contributed by atoms with Crippen LogP contribution in [0.25, 0.3) is 11.0 Å². The van der Waals surface area contributed by atoms with Gasteiger partial charge in [-0.05, 0) is 53.4 Å². The van der Waals surface area contributed by atoms with E-state index in [1.807, 2.05) is 26.0 Å². The number of amides is 1. The summed E-state index contributed by atoms with van der Waals surface area (Å²) in [4.78, 5) is 28.9. The first-order valence-electron chi connectivity index (χ1n) is 11.9. The minimum atomic E-state index is -0.810. The summed E-state index contributed by atoms with van der Waals surface area (Å²) in [5, 5.41) is 0.562. The summed E-state index contributed by atoms with van der Waals surface area (Å²) < 4.78 is 31.4. The van der Waals surface area contributed by atoms with Crippen molar-refractivity contribution >= 4 is 28.5 Å². The van der Waals surface area contributed by atoms with Gasteiger partial charge in [-0.2, -0.15) is 0 Å². The Hall–Kier alpha value is -3.84. The molecule has 1 unspecified atom stereocenters. The second-order valence-electron chi connectivity index (χ2n) is 9.36. The maximum atomic E-state index is 14.0. The number of fused-ring (bicyclic) bond motifs is 2. The molecule has 190 valence electrons. The van der Waals surface area contributed by atoms with Crippen LogP contribution in [0.4, 0.5) is 4.39 Å². The molecule has 0 bridgehead atoms. The van der Waals surface area contributed by atoms with Crippen molar-refractivity contribution in [2.45, 2.75) is 26.4 Å². The highest BCUT2D eigenvalue weighted by Crippen LogP contribution is 2.42. The second-order valence-corrected chi connectivity index (χ2v) is 9.76. The zero-order chi connectivity index (χ0) is 26.3. The Labute approximate surface area is 218 Å². The monoisotopic (exact) mass is 521 g/mol. The number of methoxy groups -OCH3 is 1. The molecule has 4 aromatic rings. The van der Waals surface area contributed by atoms with E-state index >= 15 is 0 Å². The molecule has 0 N–H and O–H groups in total. The van der Waals surface area contributed by atoms with Gasteiger partial charge in [-0.25, -0.2) is 4.39 Å². The first kappa shape index (κ1) is 24.8. The number of hydrogen-bond donors (Lipinski definition) is 0. The van der Waals surface area contributed by atoms with Crippen LogP contribution in [0.2, 0.25) is 5.02 Å². The summed E-state index contributed by atoms with van der Waals surface area (Å²) in [6.07, 6.45) is 0. The smallest absolute Gasteiger partial charge is 0.291 e. The van der Waals surface area contributed by atoms with E-state index < -0.39 is 23.2 Å². The Morgan fingerprint density at radius 1 is 1.05 bits per heavy atom.